The summed E-state index contributed by atoms with van der Waals surface area (Å²) in [7, 11) is 6.16. The van der Waals surface area contributed by atoms with Crippen molar-refractivity contribution in [3.8, 4) is 0 Å². The highest BCUT2D eigenvalue weighted by Gasteiger charge is 2.22. The van der Waals surface area contributed by atoms with Gasteiger partial charge in [-0.1, -0.05) is 0 Å². The molecule has 1 saturated heterocycles. The Morgan fingerprint density at radius 1 is 1.35 bits per heavy atom. The van der Waals surface area contributed by atoms with Crippen molar-refractivity contribution in [2.75, 3.05) is 39.1 Å². The van der Waals surface area contributed by atoms with Crippen LogP contribution in [0, 0.1) is 3.57 Å². The molecule has 1 fully saturated rings. The van der Waals surface area contributed by atoms with Gasteiger partial charge in [0.05, 0.1) is 9.26 Å². The molecule has 0 aromatic carbocycles. The van der Waals surface area contributed by atoms with Crippen LogP contribution in [0.5, 0.6) is 0 Å². The van der Waals surface area contributed by atoms with E-state index in [1.165, 1.54) is 35.2 Å². The van der Waals surface area contributed by atoms with Gasteiger partial charge >= 0.3 is 0 Å². The van der Waals surface area contributed by atoms with Crippen LogP contribution in [0.2, 0.25) is 0 Å². The summed E-state index contributed by atoms with van der Waals surface area (Å²) in [5, 5.41) is 0. The van der Waals surface area contributed by atoms with Crippen molar-refractivity contribution in [1.29, 1.82) is 0 Å². The largest absolute Gasteiger partial charge is 0.347 e. The lowest BCUT2D eigenvalue weighted by Crippen LogP contribution is -2.30. The van der Waals surface area contributed by atoms with Gasteiger partial charge in [-0.15, -0.1) is 0 Å². The molecule has 0 spiro atoms. The fourth-order valence-corrected chi connectivity index (χ4v) is 2.85. The first-order chi connectivity index (χ1) is 8.08. The van der Waals surface area contributed by atoms with E-state index in [4.69, 9.17) is 4.98 Å². The molecule has 0 N–H and O–H groups in total. The SMILES string of the molecule is CN1CCC(c2nc(N(C)C)ncc2I)CC1. The van der Waals surface area contributed by atoms with Gasteiger partial charge in [0.1, 0.15) is 0 Å². The average molecular weight is 346 g/mol. The predicted molar refractivity (Wildman–Crippen MR) is 78.5 cm³/mol. The molecule has 0 bridgehead atoms. The third kappa shape index (κ3) is 3.07. The molecular weight excluding hydrogens is 327 g/mol. The number of hydrogen-bond donors (Lipinski definition) is 0. The maximum absolute atomic E-state index is 4.71. The van der Waals surface area contributed by atoms with Gasteiger partial charge in [-0.3, -0.25) is 0 Å². The highest BCUT2D eigenvalue weighted by Crippen LogP contribution is 2.29. The molecule has 1 aliphatic heterocycles. The summed E-state index contributed by atoms with van der Waals surface area (Å²) in [5.74, 6) is 1.42. The second-order valence-electron chi connectivity index (χ2n) is 4.88. The van der Waals surface area contributed by atoms with Crippen LogP contribution in [-0.4, -0.2) is 49.1 Å². The van der Waals surface area contributed by atoms with E-state index in [-0.39, 0.29) is 0 Å². The molecule has 0 unspecified atom stereocenters. The molecule has 2 rings (SSSR count). The Morgan fingerprint density at radius 2 is 2.00 bits per heavy atom. The fraction of sp³-hybridized carbons (Fsp3) is 0.667. The fourth-order valence-electron chi connectivity index (χ4n) is 2.15. The topological polar surface area (TPSA) is 32.3 Å². The summed E-state index contributed by atoms with van der Waals surface area (Å²) in [6, 6.07) is 0. The smallest absolute Gasteiger partial charge is 0.225 e. The van der Waals surface area contributed by atoms with E-state index in [1.54, 1.807) is 0 Å². The number of anilines is 1. The van der Waals surface area contributed by atoms with Crippen molar-refractivity contribution in [1.82, 2.24) is 14.9 Å². The van der Waals surface area contributed by atoms with E-state index in [0.717, 1.165) is 5.95 Å². The number of likely N-dealkylation sites (tertiary alicyclic amines) is 1. The molecule has 1 aromatic rings. The van der Waals surface area contributed by atoms with Crippen LogP contribution in [-0.2, 0) is 0 Å². The zero-order chi connectivity index (χ0) is 12.4. The maximum atomic E-state index is 4.71. The molecule has 0 atom stereocenters. The van der Waals surface area contributed by atoms with Crippen molar-refractivity contribution in [3.63, 3.8) is 0 Å². The summed E-state index contributed by atoms with van der Waals surface area (Å²) < 4.78 is 1.20. The lowest BCUT2D eigenvalue weighted by atomic mass is 9.94. The third-order valence-electron chi connectivity index (χ3n) is 3.26. The molecule has 17 heavy (non-hydrogen) atoms. The van der Waals surface area contributed by atoms with Gasteiger partial charge in [-0.05, 0) is 55.6 Å². The minimum atomic E-state index is 0.597. The zero-order valence-electron chi connectivity index (χ0n) is 10.6. The summed E-state index contributed by atoms with van der Waals surface area (Å²) in [6.45, 7) is 2.34. The minimum Gasteiger partial charge on any atom is -0.347 e. The first-order valence-electron chi connectivity index (χ1n) is 5.96. The van der Waals surface area contributed by atoms with E-state index in [1.807, 2.05) is 25.2 Å². The Labute approximate surface area is 117 Å². The molecule has 2 heterocycles. The number of hydrogen-bond acceptors (Lipinski definition) is 4. The molecular formula is C12H19IN4. The third-order valence-corrected chi connectivity index (χ3v) is 4.09. The molecule has 5 heteroatoms. The number of rotatable bonds is 2. The van der Waals surface area contributed by atoms with E-state index in [2.05, 4.69) is 39.5 Å². The first kappa shape index (κ1) is 13.0. The van der Waals surface area contributed by atoms with Crippen LogP contribution < -0.4 is 4.90 Å². The van der Waals surface area contributed by atoms with Crippen molar-refractivity contribution in [2.24, 2.45) is 0 Å². The zero-order valence-corrected chi connectivity index (χ0v) is 12.8. The number of aromatic nitrogens is 2. The van der Waals surface area contributed by atoms with Crippen LogP contribution in [0.15, 0.2) is 6.20 Å². The predicted octanol–water partition coefficient (Wildman–Crippen LogP) is 1.96. The van der Waals surface area contributed by atoms with E-state index in [9.17, 15) is 0 Å². The van der Waals surface area contributed by atoms with Gasteiger partial charge in [0.2, 0.25) is 5.95 Å². The standard InChI is InChI=1S/C12H19IN4/c1-16(2)12-14-8-10(13)11(15-12)9-4-6-17(3)7-5-9/h8-9H,4-7H2,1-3H3. The Hall–Kier alpha value is -0.430. The molecule has 94 valence electrons. The van der Waals surface area contributed by atoms with Gasteiger partial charge in [0.15, 0.2) is 0 Å². The lowest BCUT2D eigenvalue weighted by molar-refractivity contribution is 0.253. The summed E-state index contributed by atoms with van der Waals surface area (Å²) in [6.07, 6.45) is 4.35. The quantitative estimate of drug-likeness (QED) is 0.767. The summed E-state index contributed by atoms with van der Waals surface area (Å²) in [5.41, 5.74) is 1.23. The van der Waals surface area contributed by atoms with Gasteiger partial charge in [-0.2, -0.15) is 0 Å². The van der Waals surface area contributed by atoms with E-state index in [0.29, 0.717) is 5.92 Å². The average Bonchev–Trinajstić information content (AvgIpc) is 2.31. The van der Waals surface area contributed by atoms with Gasteiger partial charge in [-0.25, -0.2) is 9.97 Å². The number of piperidine rings is 1. The van der Waals surface area contributed by atoms with Crippen molar-refractivity contribution >= 4 is 28.5 Å². The van der Waals surface area contributed by atoms with Crippen LogP contribution >= 0.6 is 22.6 Å². The van der Waals surface area contributed by atoms with Gasteiger partial charge in [0, 0.05) is 26.2 Å². The van der Waals surface area contributed by atoms with Crippen molar-refractivity contribution in [3.05, 3.63) is 15.5 Å². The maximum Gasteiger partial charge on any atom is 0.225 e. The van der Waals surface area contributed by atoms with Crippen LogP contribution in [0.4, 0.5) is 5.95 Å². The Morgan fingerprint density at radius 3 is 2.59 bits per heavy atom. The molecule has 0 saturated carbocycles. The normalized spacial score (nSPS) is 18.4. The van der Waals surface area contributed by atoms with Crippen LogP contribution in [0.1, 0.15) is 24.5 Å². The van der Waals surface area contributed by atoms with Gasteiger partial charge in [0.25, 0.3) is 0 Å². The minimum absolute atomic E-state index is 0.597. The van der Waals surface area contributed by atoms with E-state index < -0.39 is 0 Å². The Bertz CT molecular complexity index is 386. The first-order valence-corrected chi connectivity index (χ1v) is 7.04. The molecule has 1 aromatic heterocycles. The highest BCUT2D eigenvalue weighted by molar-refractivity contribution is 14.1. The lowest BCUT2D eigenvalue weighted by Gasteiger charge is -2.29. The molecule has 0 aliphatic carbocycles. The molecule has 0 amide bonds. The highest BCUT2D eigenvalue weighted by atomic mass is 127. The Balaban J connectivity index is 2.22. The van der Waals surface area contributed by atoms with Crippen molar-refractivity contribution < 1.29 is 0 Å². The second-order valence-corrected chi connectivity index (χ2v) is 6.04. The Kier molecular flexibility index (Phi) is 4.19. The van der Waals surface area contributed by atoms with Crippen molar-refractivity contribution in [2.45, 2.75) is 18.8 Å². The molecule has 1 aliphatic rings. The number of nitrogens with zero attached hydrogens (tertiary/aromatic N) is 4. The monoisotopic (exact) mass is 346 g/mol. The molecule has 0 radical (unpaired) electrons. The van der Waals surface area contributed by atoms with Crippen LogP contribution in [0.25, 0.3) is 0 Å². The number of halogens is 1. The summed E-state index contributed by atoms with van der Waals surface area (Å²) >= 11 is 2.35. The summed E-state index contributed by atoms with van der Waals surface area (Å²) in [4.78, 5) is 13.4. The van der Waals surface area contributed by atoms with Gasteiger partial charge < -0.3 is 9.80 Å². The second kappa shape index (κ2) is 5.48. The molecule has 4 nitrogen and oxygen atoms in total. The van der Waals surface area contributed by atoms with E-state index >= 15 is 0 Å². The van der Waals surface area contributed by atoms with Crippen LogP contribution in [0.3, 0.4) is 0 Å².